The van der Waals surface area contributed by atoms with E-state index in [1.807, 2.05) is 0 Å². The van der Waals surface area contributed by atoms with Gasteiger partial charge in [-0.25, -0.2) is 9.78 Å². The van der Waals surface area contributed by atoms with Gasteiger partial charge in [0.1, 0.15) is 5.82 Å². The van der Waals surface area contributed by atoms with Crippen LogP contribution in [-0.4, -0.2) is 42.4 Å². The first-order valence-electron chi connectivity index (χ1n) is 5.63. The van der Waals surface area contributed by atoms with Crippen molar-refractivity contribution < 1.29 is 14.6 Å². The number of aromatic carboxylic acids is 1. The molecule has 3 rings (SSSR count). The number of hydrogen-bond donors (Lipinski definition) is 1. The van der Waals surface area contributed by atoms with E-state index in [0.29, 0.717) is 11.1 Å². The van der Waals surface area contributed by atoms with Crippen molar-refractivity contribution in [3.8, 4) is 0 Å². The van der Waals surface area contributed by atoms with Crippen LogP contribution in [0.5, 0.6) is 0 Å². The van der Waals surface area contributed by atoms with Crippen LogP contribution in [-0.2, 0) is 4.74 Å². The van der Waals surface area contributed by atoms with E-state index in [1.54, 1.807) is 19.1 Å². The Hall–Kier alpha value is -1.62. The molecule has 0 unspecified atom stereocenters. The normalized spacial score (nSPS) is 20.9. The van der Waals surface area contributed by atoms with Crippen LogP contribution in [0.2, 0.25) is 0 Å². The molecule has 0 saturated carbocycles. The van der Waals surface area contributed by atoms with Crippen molar-refractivity contribution in [3.05, 3.63) is 23.4 Å². The topological polar surface area (TPSA) is 62.7 Å². The number of nitrogens with zero attached hydrogens (tertiary/aromatic N) is 2. The lowest BCUT2D eigenvalue weighted by molar-refractivity contribution is -0.127. The Balaban J connectivity index is 1.77. The quantitative estimate of drug-likeness (QED) is 0.824. The van der Waals surface area contributed by atoms with Crippen LogP contribution in [0.4, 0.5) is 5.82 Å². The third-order valence-corrected chi connectivity index (χ3v) is 3.49. The SMILES string of the molecule is Cc1nc(N2CC3(COC3)C2)ccc1C(=O)O. The van der Waals surface area contributed by atoms with Gasteiger partial charge in [-0.15, -0.1) is 0 Å². The summed E-state index contributed by atoms with van der Waals surface area (Å²) in [4.78, 5) is 17.4. The van der Waals surface area contributed by atoms with Crippen molar-refractivity contribution in [2.24, 2.45) is 5.41 Å². The Kier molecular flexibility index (Phi) is 2.13. The van der Waals surface area contributed by atoms with E-state index in [-0.39, 0.29) is 5.56 Å². The number of rotatable bonds is 2. The molecule has 1 aromatic heterocycles. The van der Waals surface area contributed by atoms with Gasteiger partial charge in [0.25, 0.3) is 0 Å². The fraction of sp³-hybridized carbons (Fsp3) is 0.500. The van der Waals surface area contributed by atoms with Gasteiger partial charge in [-0.3, -0.25) is 0 Å². The second-order valence-corrected chi connectivity index (χ2v) is 4.96. The van der Waals surface area contributed by atoms with E-state index in [4.69, 9.17) is 9.84 Å². The summed E-state index contributed by atoms with van der Waals surface area (Å²) >= 11 is 0. The maximum absolute atomic E-state index is 10.9. The highest BCUT2D eigenvalue weighted by molar-refractivity contribution is 5.89. The van der Waals surface area contributed by atoms with Crippen molar-refractivity contribution >= 4 is 11.8 Å². The smallest absolute Gasteiger partial charge is 0.337 e. The summed E-state index contributed by atoms with van der Waals surface area (Å²) in [5, 5.41) is 8.93. The lowest BCUT2D eigenvalue weighted by Crippen LogP contribution is -2.66. The predicted octanol–water partition coefficient (Wildman–Crippen LogP) is 0.925. The number of hydrogen-bond acceptors (Lipinski definition) is 4. The molecule has 2 aliphatic rings. The van der Waals surface area contributed by atoms with Crippen molar-refractivity contribution in [1.29, 1.82) is 0 Å². The van der Waals surface area contributed by atoms with Gasteiger partial charge in [0.2, 0.25) is 0 Å². The second kappa shape index (κ2) is 3.43. The molecule has 5 nitrogen and oxygen atoms in total. The summed E-state index contributed by atoms with van der Waals surface area (Å²) in [5.41, 5.74) is 1.19. The summed E-state index contributed by atoms with van der Waals surface area (Å²) in [6, 6.07) is 3.41. The van der Waals surface area contributed by atoms with Crippen molar-refractivity contribution in [3.63, 3.8) is 0 Å². The largest absolute Gasteiger partial charge is 0.478 e. The van der Waals surface area contributed by atoms with Gasteiger partial charge in [-0.05, 0) is 19.1 Å². The Bertz CT molecular complexity index is 475. The van der Waals surface area contributed by atoms with E-state index in [9.17, 15) is 4.79 Å². The van der Waals surface area contributed by atoms with Gasteiger partial charge in [0.15, 0.2) is 0 Å². The molecule has 0 aromatic carbocycles. The molecule has 0 radical (unpaired) electrons. The summed E-state index contributed by atoms with van der Waals surface area (Å²) < 4.78 is 5.21. The minimum atomic E-state index is -0.922. The van der Waals surface area contributed by atoms with Gasteiger partial charge in [-0.1, -0.05) is 0 Å². The zero-order chi connectivity index (χ0) is 12.0. The molecule has 3 heterocycles. The standard InChI is InChI=1S/C12H14N2O3/c1-8-9(11(15)16)2-3-10(13-8)14-4-12(5-14)6-17-7-12/h2-3H,4-7H2,1H3,(H,15,16). The molecule has 2 aliphatic heterocycles. The number of anilines is 1. The molecule has 5 heteroatoms. The van der Waals surface area contributed by atoms with Crippen molar-refractivity contribution in [2.75, 3.05) is 31.2 Å². The first-order chi connectivity index (χ1) is 8.10. The number of aryl methyl sites for hydroxylation is 1. The van der Waals surface area contributed by atoms with E-state index in [1.165, 1.54) is 0 Å². The first-order valence-corrected chi connectivity index (χ1v) is 5.63. The number of pyridine rings is 1. The molecule has 0 aliphatic carbocycles. The van der Waals surface area contributed by atoms with E-state index >= 15 is 0 Å². The van der Waals surface area contributed by atoms with E-state index in [2.05, 4.69) is 9.88 Å². The van der Waals surface area contributed by atoms with Crippen LogP contribution < -0.4 is 4.90 Å². The Labute approximate surface area is 99.0 Å². The lowest BCUT2D eigenvalue weighted by atomic mass is 9.78. The fourth-order valence-electron chi connectivity index (χ4n) is 2.45. The fourth-order valence-corrected chi connectivity index (χ4v) is 2.45. The highest BCUT2D eigenvalue weighted by Crippen LogP contribution is 2.39. The van der Waals surface area contributed by atoms with Crippen molar-refractivity contribution in [2.45, 2.75) is 6.92 Å². The van der Waals surface area contributed by atoms with E-state index < -0.39 is 5.97 Å². The number of carboxylic acids is 1. The zero-order valence-corrected chi connectivity index (χ0v) is 9.64. The molecule has 1 spiro atoms. The van der Waals surface area contributed by atoms with Gasteiger partial charge in [0.05, 0.1) is 29.9 Å². The highest BCUT2D eigenvalue weighted by atomic mass is 16.5. The summed E-state index contributed by atoms with van der Waals surface area (Å²) in [7, 11) is 0. The molecule has 2 saturated heterocycles. The van der Waals surface area contributed by atoms with Crippen LogP contribution in [0.1, 0.15) is 16.1 Å². The van der Waals surface area contributed by atoms with Crippen LogP contribution in [0, 0.1) is 12.3 Å². The monoisotopic (exact) mass is 234 g/mol. The number of carboxylic acid groups (broad SMARTS) is 1. The Morgan fingerprint density at radius 1 is 1.47 bits per heavy atom. The maximum Gasteiger partial charge on any atom is 0.337 e. The van der Waals surface area contributed by atoms with Crippen molar-refractivity contribution in [1.82, 2.24) is 4.98 Å². The van der Waals surface area contributed by atoms with Crippen LogP contribution >= 0.6 is 0 Å². The Morgan fingerprint density at radius 2 is 2.18 bits per heavy atom. The van der Waals surface area contributed by atoms with Gasteiger partial charge < -0.3 is 14.7 Å². The van der Waals surface area contributed by atoms with Crippen LogP contribution in [0.15, 0.2) is 12.1 Å². The second-order valence-electron chi connectivity index (χ2n) is 4.96. The predicted molar refractivity (Wildman–Crippen MR) is 61.4 cm³/mol. The zero-order valence-electron chi connectivity index (χ0n) is 9.64. The Morgan fingerprint density at radius 3 is 2.65 bits per heavy atom. The third kappa shape index (κ3) is 1.58. The molecule has 2 fully saturated rings. The lowest BCUT2D eigenvalue weighted by Gasteiger charge is -2.55. The minimum absolute atomic E-state index is 0.274. The molecule has 17 heavy (non-hydrogen) atoms. The molecule has 1 N–H and O–H groups in total. The maximum atomic E-state index is 10.9. The third-order valence-electron chi connectivity index (χ3n) is 3.49. The molecule has 90 valence electrons. The molecular formula is C12H14N2O3. The van der Waals surface area contributed by atoms with E-state index in [0.717, 1.165) is 32.1 Å². The number of carbonyl (C=O) groups is 1. The van der Waals surface area contributed by atoms with Crippen LogP contribution in [0.25, 0.3) is 0 Å². The molecule has 0 atom stereocenters. The molecule has 0 bridgehead atoms. The van der Waals surface area contributed by atoms with Gasteiger partial charge in [0, 0.05) is 13.1 Å². The molecule has 0 amide bonds. The average molecular weight is 234 g/mol. The molecule has 1 aromatic rings. The summed E-state index contributed by atoms with van der Waals surface area (Å²) in [6.45, 7) is 5.35. The first kappa shape index (κ1) is 10.5. The highest BCUT2D eigenvalue weighted by Gasteiger charge is 2.49. The van der Waals surface area contributed by atoms with Gasteiger partial charge in [-0.2, -0.15) is 0 Å². The number of aromatic nitrogens is 1. The average Bonchev–Trinajstić information content (AvgIpc) is 2.12. The van der Waals surface area contributed by atoms with Gasteiger partial charge >= 0.3 is 5.97 Å². The van der Waals surface area contributed by atoms with Crippen LogP contribution in [0.3, 0.4) is 0 Å². The summed E-state index contributed by atoms with van der Waals surface area (Å²) in [5.74, 6) is -0.0564. The minimum Gasteiger partial charge on any atom is -0.478 e. The molecular weight excluding hydrogens is 220 g/mol. The number of ether oxygens (including phenoxy) is 1. The summed E-state index contributed by atoms with van der Waals surface area (Å²) in [6.07, 6.45) is 0.